The molecule has 9 nitrogen and oxygen atoms in total. The second-order valence-electron chi connectivity index (χ2n) is 14.6. The first-order valence-corrected chi connectivity index (χ1v) is 18.3. The molecule has 1 saturated carbocycles. The average molecular weight is 739 g/mol. The Hall–Kier alpha value is -4.28. The number of anilines is 1. The number of phenols is 1. The number of para-hydroxylation sites is 1. The number of hydrogen-bond donors (Lipinski definition) is 1. The van der Waals surface area contributed by atoms with Crippen molar-refractivity contribution in [1.82, 2.24) is 9.80 Å². The van der Waals surface area contributed by atoms with Crippen LogP contribution in [-0.2, 0) is 25.7 Å². The maximum absolute atomic E-state index is 14.6. The highest BCUT2D eigenvalue weighted by molar-refractivity contribution is 9.10. The Balaban J connectivity index is 1.14. The van der Waals surface area contributed by atoms with Gasteiger partial charge in [-0.25, -0.2) is 4.90 Å². The lowest BCUT2D eigenvalue weighted by Crippen LogP contribution is -2.49. The van der Waals surface area contributed by atoms with E-state index < -0.39 is 35.0 Å². The van der Waals surface area contributed by atoms with Gasteiger partial charge < -0.3 is 9.84 Å². The Kier molecular flexibility index (Phi) is 8.22. The standard InChI is InChI=1S/C40H40BrN3O6/c1-40-30(37(47)44(39(40)49)25-11-7-4-8-12-25)21-29-27(34(40)24-19-31(41)35(45)32(20-24)50-2)13-14-28-33(29)38(48)43(36(28)46)26-15-17-42(18-16-26)22-23-9-5-3-6-10-23/h3-13,19-20,26,28-30,33-34,45H,14-18,21-22H2,1-2H3. The van der Waals surface area contributed by atoms with Crippen LogP contribution in [0.1, 0.15) is 49.7 Å². The molecule has 3 aromatic carbocycles. The minimum atomic E-state index is -1.18. The number of benzene rings is 3. The number of phenolic OH excluding ortho intramolecular Hbond substituents is 1. The molecule has 0 bridgehead atoms. The van der Waals surface area contributed by atoms with Gasteiger partial charge in [-0.2, -0.15) is 0 Å². The molecule has 8 rings (SSSR count). The van der Waals surface area contributed by atoms with Crippen molar-refractivity contribution in [1.29, 1.82) is 0 Å². The zero-order valence-corrected chi connectivity index (χ0v) is 29.7. The van der Waals surface area contributed by atoms with Crippen LogP contribution in [0.25, 0.3) is 0 Å². The fourth-order valence-electron chi connectivity index (χ4n) is 9.70. The molecule has 1 N–H and O–H groups in total. The summed E-state index contributed by atoms with van der Waals surface area (Å²) in [6, 6.07) is 22.6. The number of imide groups is 2. The third-order valence-electron chi connectivity index (χ3n) is 12.1. The van der Waals surface area contributed by atoms with E-state index in [0.717, 1.165) is 38.0 Å². The third-order valence-corrected chi connectivity index (χ3v) is 12.7. The van der Waals surface area contributed by atoms with E-state index in [1.54, 1.807) is 41.3 Å². The highest BCUT2D eigenvalue weighted by Gasteiger charge is 2.68. The van der Waals surface area contributed by atoms with Gasteiger partial charge in [0, 0.05) is 31.6 Å². The number of likely N-dealkylation sites (tertiary alicyclic amines) is 2. The third kappa shape index (κ3) is 4.97. The zero-order chi connectivity index (χ0) is 34.9. The van der Waals surface area contributed by atoms with E-state index in [0.29, 0.717) is 28.6 Å². The molecule has 3 aromatic rings. The minimum Gasteiger partial charge on any atom is -0.503 e. The number of rotatable bonds is 6. The number of fused-ring (bicyclic) bond motifs is 4. The van der Waals surface area contributed by atoms with Gasteiger partial charge in [0.15, 0.2) is 11.5 Å². The predicted octanol–water partition coefficient (Wildman–Crippen LogP) is 6.06. The van der Waals surface area contributed by atoms with Crippen LogP contribution in [0.2, 0.25) is 0 Å². The van der Waals surface area contributed by atoms with Gasteiger partial charge in [0.2, 0.25) is 23.6 Å². The van der Waals surface area contributed by atoms with Crippen molar-refractivity contribution in [3.8, 4) is 11.5 Å². The lowest BCUT2D eigenvalue weighted by atomic mass is 9.51. The van der Waals surface area contributed by atoms with Gasteiger partial charge in [0.05, 0.1) is 40.4 Å². The van der Waals surface area contributed by atoms with Crippen LogP contribution in [0, 0.1) is 29.1 Å². The Morgan fingerprint density at radius 3 is 2.26 bits per heavy atom. The molecule has 6 unspecified atom stereocenters. The van der Waals surface area contributed by atoms with Gasteiger partial charge in [0.1, 0.15) is 0 Å². The van der Waals surface area contributed by atoms with Crippen molar-refractivity contribution in [2.75, 3.05) is 25.1 Å². The number of methoxy groups -OCH3 is 1. The first kappa shape index (κ1) is 32.9. The molecule has 258 valence electrons. The summed E-state index contributed by atoms with van der Waals surface area (Å²) in [6.07, 6.45) is 4.19. The molecule has 3 aliphatic heterocycles. The molecule has 0 radical (unpaired) electrons. The molecule has 0 spiro atoms. The van der Waals surface area contributed by atoms with Crippen LogP contribution in [0.5, 0.6) is 11.5 Å². The second-order valence-corrected chi connectivity index (χ2v) is 15.4. The number of carbonyl (C=O) groups excluding carboxylic acids is 4. The van der Waals surface area contributed by atoms with Crippen LogP contribution in [0.4, 0.5) is 5.69 Å². The van der Waals surface area contributed by atoms with Crippen LogP contribution < -0.4 is 9.64 Å². The number of piperidine rings is 1. The van der Waals surface area contributed by atoms with Gasteiger partial charge in [-0.15, -0.1) is 0 Å². The smallest absolute Gasteiger partial charge is 0.241 e. The van der Waals surface area contributed by atoms with Gasteiger partial charge >= 0.3 is 0 Å². The average Bonchev–Trinajstić information content (AvgIpc) is 3.50. The van der Waals surface area contributed by atoms with Crippen molar-refractivity contribution in [3.05, 3.63) is 100 Å². The van der Waals surface area contributed by atoms with Gasteiger partial charge in [0.25, 0.3) is 0 Å². The molecule has 3 saturated heterocycles. The summed E-state index contributed by atoms with van der Waals surface area (Å²) in [7, 11) is 1.47. The molecule has 4 fully saturated rings. The monoisotopic (exact) mass is 737 g/mol. The van der Waals surface area contributed by atoms with E-state index in [-0.39, 0.29) is 41.2 Å². The maximum Gasteiger partial charge on any atom is 0.241 e. The summed E-state index contributed by atoms with van der Waals surface area (Å²) in [5, 5.41) is 10.7. The van der Waals surface area contributed by atoms with Gasteiger partial charge in [-0.3, -0.25) is 29.0 Å². The van der Waals surface area contributed by atoms with Crippen molar-refractivity contribution >= 4 is 45.2 Å². The first-order chi connectivity index (χ1) is 24.1. The Bertz CT molecular complexity index is 1910. The number of halogens is 1. The zero-order valence-electron chi connectivity index (χ0n) is 28.1. The van der Waals surface area contributed by atoms with Crippen LogP contribution in [0.15, 0.2) is 88.9 Å². The number of carbonyl (C=O) groups is 4. The molecule has 6 atom stereocenters. The highest BCUT2D eigenvalue weighted by atomic mass is 79.9. The number of allylic oxidation sites excluding steroid dienone is 2. The lowest BCUT2D eigenvalue weighted by Gasteiger charge is -2.49. The molecule has 5 aliphatic rings. The summed E-state index contributed by atoms with van der Waals surface area (Å²) in [6.45, 7) is 4.29. The Morgan fingerprint density at radius 1 is 0.900 bits per heavy atom. The number of hydrogen-bond acceptors (Lipinski definition) is 7. The normalized spacial score (nSPS) is 29.9. The van der Waals surface area contributed by atoms with E-state index in [4.69, 9.17) is 4.74 Å². The van der Waals surface area contributed by atoms with E-state index >= 15 is 0 Å². The van der Waals surface area contributed by atoms with Gasteiger partial charge in [-0.05, 0) is 89.8 Å². The van der Waals surface area contributed by atoms with Crippen LogP contribution in [-0.4, -0.2) is 64.8 Å². The van der Waals surface area contributed by atoms with E-state index in [9.17, 15) is 24.3 Å². The number of aromatic hydroxyl groups is 1. The predicted molar refractivity (Wildman–Crippen MR) is 190 cm³/mol. The lowest BCUT2D eigenvalue weighted by molar-refractivity contribution is -0.144. The fraction of sp³-hybridized carbons (Fsp3) is 0.400. The number of nitrogens with zero attached hydrogens (tertiary/aromatic N) is 3. The largest absolute Gasteiger partial charge is 0.503 e. The molecule has 0 aromatic heterocycles. The summed E-state index contributed by atoms with van der Waals surface area (Å²) in [5.74, 6) is -3.51. The molecule has 50 heavy (non-hydrogen) atoms. The molecule has 4 amide bonds. The SMILES string of the molecule is COc1cc(C2C3=CCC4C(=O)N(C5CCN(Cc6ccccc6)CC5)C(=O)C4C3CC3C(=O)N(c4ccccc4)C(=O)C32C)cc(Br)c1O. The van der Waals surface area contributed by atoms with Crippen molar-refractivity contribution < 1.29 is 29.0 Å². The summed E-state index contributed by atoms with van der Waals surface area (Å²) >= 11 is 3.47. The van der Waals surface area contributed by atoms with E-state index in [1.807, 2.05) is 31.2 Å². The van der Waals surface area contributed by atoms with Gasteiger partial charge in [-0.1, -0.05) is 60.2 Å². The number of ether oxygens (including phenoxy) is 1. The van der Waals surface area contributed by atoms with E-state index in [1.165, 1.54) is 17.6 Å². The van der Waals surface area contributed by atoms with Crippen molar-refractivity contribution in [2.24, 2.45) is 29.1 Å². The highest BCUT2D eigenvalue weighted by Crippen LogP contribution is 2.64. The number of amides is 4. The minimum absolute atomic E-state index is 0.0650. The molecule has 3 heterocycles. The molecular weight excluding hydrogens is 698 g/mol. The Labute approximate surface area is 300 Å². The van der Waals surface area contributed by atoms with Crippen molar-refractivity contribution in [3.63, 3.8) is 0 Å². The summed E-state index contributed by atoms with van der Waals surface area (Å²) in [4.78, 5) is 63.0. The quantitative estimate of drug-likeness (QED) is 0.242. The maximum atomic E-state index is 14.6. The van der Waals surface area contributed by atoms with Crippen molar-refractivity contribution in [2.45, 2.75) is 51.1 Å². The molecular formula is C40H40BrN3O6. The summed E-state index contributed by atoms with van der Waals surface area (Å²) < 4.78 is 5.93. The van der Waals surface area contributed by atoms with E-state index in [2.05, 4.69) is 39.0 Å². The summed E-state index contributed by atoms with van der Waals surface area (Å²) in [5.41, 5.74) is 2.17. The van der Waals surface area contributed by atoms with Crippen LogP contribution >= 0.6 is 15.9 Å². The van der Waals surface area contributed by atoms with Crippen LogP contribution in [0.3, 0.4) is 0 Å². The Morgan fingerprint density at radius 2 is 1.58 bits per heavy atom. The first-order valence-electron chi connectivity index (χ1n) is 17.5. The second kappa shape index (κ2) is 12.5. The molecule has 10 heteroatoms. The molecule has 2 aliphatic carbocycles. The fourth-order valence-corrected chi connectivity index (χ4v) is 10.2. The topological polar surface area (TPSA) is 107 Å².